The lowest BCUT2D eigenvalue weighted by atomic mass is 10.1. The van der Waals surface area contributed by atoms with Gasteiger partial charge in [0.15, 0.2) is 0 Å². The summed E-state index contributed by atoms with van der Waals surface area (Å²) in [5.74, 6) is 0. The van der Waals surface area contributed by atoms with Gasteiger partial charge < -0.3 is 9.52 Å². The Hall–Kier alpha value is -1.63. The Bertz CT molecular complexity index is 677. The molecule has 0 fully saturated rings. The second kappa shape index (κ2) is 5.78. The molecule has 2 aromatic rings. The zero-order valence-electron chi connectivity index (χ0n) is 11.3. The van der Waals surface area contributed by atoms with Crippen LogP contribution < -0.4 is 4.72 Å². The second-order valence-corrected chi connectivity index (χ2v) is 6.44. The minimum Gasteiger partial charge on any atom is -0.472 e. The molecule has 0 saturated heterocycles. The monoisotopic (exact) mass is 295 g/mol. The van der Waals surface area contributed by atoms with E-state index in [9.17, 15) is 13.5 Å². The lowest BCUT2D eigenvalue weighted by Gasteiger charge is -2.11. The molecule has 0 aliphatic heterocycles. The third kappa shape index (κ3) is 3.27. The van der Waals surface area contributed by atoms with E-state index in [0.29, 0.717) is 5.56 Å². The average Bonchev–Trinajstić information content (AvgIpc) is 2.93. The molecule has 0 amide bonds. The Morgan fingerprint density at radius 2 is 2.00 bits per heavy atom. The number of hydrogen-bond acceptors (Lipinski definition) is 4. The van der Waals surface area contributed by atoms with Gasteiger partial charge in [0.05, 0.1) is 23.5 Å². The highest BCUT2D eigenvalue weighted by Crippen LogP contribution is 2.16. The van der Waals surface area contributed by atoms with Gasteiger partial charge in [0.2, 0.25) is 10.0 Å². The molecule has 20 heavy (non-hydrogen) atoms. The van der Waals surface area contributed by atoms with Gasteiger partial charge in [-0.3, -0.25) is 0 Å². The van der Waals surface area contributed by atoms with Gasteiger partial charge in [-0.25, -0.2) is 13.1 Å². The number of aryl methyl sites for hydroxylation is 2. The van der Waals surface area contributed by atoms with Crippen LogP contribution in [0.1, 0.15) is 22.8 Å². The maximum atomic E-state index is 12.1. The molecule has 6 heteroatoms. The summed E-state index contributed by atoms with van der Waals surface area (Å²) in [6.07, 6.45) is 1.88. The third-order valence-corrected chi connectivity index (χ3v) is 4.60. The largest absolute Gasteiger partial charge is 0.472 e. The Morgan fingerprint density at radius 3 is 2.60 bits per heavy atom. The van der Waals surface area contributed by atoms with Crippen molar-refractivity contribution in [1.29, 1.82) is 0 Å². The summed E-state index contributed by atoms with van der Waals surface area (Å²) in [6.45, 7) is 3.67. The van der Waals surface area contributed by atoms with E-state index >= 15 is 0 Å². The van der Waals surface area contributed by atoms with Crippen LogP contribution in [0.5, 0.6) is 0 Å². The first kappa shape index (κ1) is 14.8. The quantitative estimate of drug-likeness (QED) is 0.883. The van der Waals surface area contributed by atoms with Crippen molar-refractivity contribution in [3.8, 4) is 0 Å². The maximum Gasteiger partial charge on any atom is 0.240 e. The fraction of sp³-hybridized carbons (Fsp3) is 0.286. The van der Waals surface area contributed by atoms with Crippen LogP contribution >= 0.6 is 0 Å². The van der Waals surface area contributed by atoms with Crippen LogP contribution in [0, 0.1) is 13.8 Å². The lowest BCUT2D eigenvalue weighted by Crippen LogP contribution is -2.28. The summed E-state index contributed by atoms with van der Waals surface area (Å²) in [6, 6.07) is 6.52. The minimum atomic E-state index is -3.63. The van der Waals surface area contributed by atoms with Gasteiger partial charge in [-0.2, -0.15) is 0 Å². The van der Waals surface area contributed by atoms with E-state index in [2.05, 4.69) is 4.72 Å². The molecule has 1 atom stereocenters. The van der Waals surface area contributed by atoms with Crippen molar-refractivity contribution in [2.45, 2.75) is 24.8 Å². The first-order valence-corrected chi connectivity index (χ1v) is 7.65. The molecule has 1 heterocycles. The van der Waals surface area contributed by atoms with Crippen LogP contribution in [0.3, 0.4) is 0 Å². The molecule has 0 radical (unpaired) electrons. The van der Waals surface area contributed by atoms with E-state index < -0.39 is 16.1 Å². The van der Waals surface area contributed by atoms with E-state index in [-0.39, 0.29) is 11.4 Å². The van der Waals surface area contributed by atoms with Gasteiger partial charge in [-0.1, -0.05) is 6.07 Å². The molecule has 2 N–H and O–H groups in total. The van der Waals surface area contributed by atoms with E-state index in [1.54, 1.807) is 24.3 Å². The number of aliphatic hydroxyl groups excluding tert-OH is 1. The van der Waals surface area contributed by atoms with Crippen LogP contribution in [-0.4, -0.2) is 20.1 Å². The summed E-state index contributed by atoms with van der Waals surface area (Å²) < 4.78 is 31.5. The average molecular weight is 295 g/mol. The van der Waals surface area contributed by atoms with Gasteiger partial charge in [-0.15, -0.1) is 0 Å². The van der Waals surface area contributed by atoms with Crippen LogP contribution in [0.25, 0.3) is 0 Å². The molecule has 1 aromatic carbocycles. The highest BCUT2D eigenvalue weighted by atomic mass is 32.2. The van der Waals surface area contributed by atoms with Crippen LogP contribution in [0.15, 0.2) is 46.1 Å². The van der Waals surface area contributed by atoms with Gasteiger partial charge in [0.25, 0.3) is 0 Å². The molecule has 2 rings (SSSR count). The third-order valence-electron chi connectivity index (χ3n) is 3.18. The fourth-order valence-electron chi connectivity index (χ4n) is 1.74. The van der Waals surface area contributed by atoms with Gasteiger partial charge in [0.1, 0.15) is 0 Å². The van der Waals surface area contributed by atoms with Crippen molar-refractivity contribution in [3.05, 3.63) is 53.5 Å². The van der Waals surface area contributed by atoms with Crippen LogP contribution in [0.2, 0.25) is 0 Å². The number of hydrogen-bond donors (Lipinski definition) is 2. The van der Waals surface area contributed by atoms with Crippen LogP contribution in [-0.2, 0) is 10.0 Å². The van der Waals surface area contributed by atoms with Crippen molar-refractivity contribution in [1.82, 2.24) is 4.72 Å². The van der Waals surface area contributed by atoms with Gasteiger partial charge in [-0.05, 0) is 43.2 Å². The van der Waals surface area contributed by atoms with Crippen molar-refractivity contribution < 1.29 is 17.9 Å². The molecule has 1 unspecified atom stereocenters. The first-order valence-electron chi connectivity index (χ1n) is 6.17. The Labute approximate surface area is 118 Å². The van der Waals surface area contributed by atoms with Crippen molar-refractivity contribution in [3.63, 3.8) is 0 Å². The van der Waals surface area contributed by atoms with Gasteiger partial charge in [0, 0.05) is 12.1 Å². The van der Waals surface area contributed by atoms with Crippen molar-refractivity contribution >= 4 is 10.0 Å². The van der Waals surface area contributed by atoms with E-state index in [4.69, 9.17) is 4.42 Å². The van der Waals surface area contributed by atoms with Crippen molar-refractivity contribution in [2.24, 2.45) is 0 Å². The Morgan fingerprint density at radius 1 is 1.25 bits per heavy atom. The molecular formula is C14H17NO4S. The van der Waals surface area contributed by atoms with E-state index in [1.165, 1.54) is 12.5 Å². The first-order chi connectivity index (χ1) is 9.40. The molecule has 0 saturated carbocycles. The number of nitrogens with one attached hydrogen (secondary N) is 1. The summed E-state index contributed by atoms with van der Waals surface area (Å²) >= 11 is 0. The van der Waals surface area contributed by atoms with E-state index in [1.807, 2.05) is 13.8 Å². The molecule has 0 aliphatic carbocycles. The van der Waals surface area contributed by atoms with Gasteiger partial charge >= 0.3 is 0 Å². The highest BCUT2D eigenvalue weighted by molar-refractivity contribution is 7.89. The normalized spacial score (nSPS) is 13.3. The molecule has 0 spiro atoms. The predicted octanol–water partition coefficient (Wildman–Crippen LogP) is 1.91. The molecule has 0 aliphatic rings. The summed E-state index contributed by atoms with van der Waals surface area (Å²) in [5.41, 5.74) is 2.47. The number of benzene rings is 1. The van der Waals surface area contributed by atoms with Crippen molar-refractivity contribution in [2.75, 3.05) is 6.54 Å². The Kier molecular flexibility index (Phi) is 4.27. The predicted molar refractivity (Wildman–Crippen MR) is 74.8 cm³/mol. The molecule has 5 nitrogen and oxygen atoms in total. The minimum absolute atomic E-state index is 0.102. The molecule has 1 aromatic heterocycles. The topological polar surface area (TPSA) is 79.5 Å². The Balaban J connectivity index is 2.09. The molecule has 108 valence electrons. The number of aliphatic hydroxyl groups is 1. The zero-order valence-corrected chi connectivity index (χ0v) is 12.1. The number of sulfonamides is 1. The second-order valence-electron chi connectivity index (χ2n) is 4.67. The maximum absolute atomic E-state index is 12.1. The van der Waals surface area contributed by atoms with E-state index in [0.717, 1.165) is 11.1 Å². The smallest absolute Gasteiger partial charge is 0.240 e. The standard InChI is InChI=1S/C14H17NO4S/c1-10-3-4-13(7-11(10)2)20(17,18)15-8-14(16)12-5-6-19-9-12/h3-7,9,14-16H,8H2,1-2H3. The number of furan rings is 1. The lowest BCUT2D eigenvalue weighted by molar-refractivity contribution is 0.181. The van der Waals surface area contributed by atoms with Crippen LogP contribution in [0.4, 0.5) is 0 Å². The summed E-state index contributed by atoms with van der Waals surface area (Å²) in [7, 11) is -3.63. The zero-order chi connectivity index (χ0) is 14.8. The highest BCUT2D eigenvalue weighted by Gasteiger charge is 2.17. The summed E-state index contributed by atoms with van der Waals surface area (Å²) in [5, 5.41) is 9.83. The molecular weight excluding hydrogens is 278 g/mol. The number of rotatable bonds is 5. The fourth-order valence-corrected chi connectivity index (χ4v) is 2.86. The SMILES string of the molecule is Cc1ccc(S(=O)(=O)NCC(O)c2ccoc2)cc1C. The molecule has 0 bridgehead atoms. The summed E-state index contributed by atoms with van der Waals surface area (Å²) in [4.78, 5) is 0.194.